The average molecular weight is 213 g/mol. The van der Waals surface area contributed by atoms with E-state index in [1.54, 1.807) is 0 Å². The molecule has 0 aliphatic carbocycles. The summed E-state index contributed by atoms with van der Waals surface area (Å²) in [7, 11) is 0. The molecule has 0 aromatic rings. The lowest BCUT2D eigenvalue weighted by Gasteiger charge is -2.16. The highest BCUT2D eigenvalue weighted by Crippen LogP contribution is 2.06. The Kier molecular flexibility index (Phi) is 10.8. The van der Waals surface area contributed by atoms with Crippen molar-refractivity contribution in [2.45, 2.75) is 46.1 Å². The largest absolute Gasteiger partial charge is 0.313 e. The highest BCUT2D eigenvalue weighted by Gasteiger charge is 2.05. The summed E-state index contributed by atoms with van der Waals surface area (Å²) in [4.78, 5) is 0. The maximum absolute atomic E-state index is 3.57. The van der Waals surface area contributed by atoms with Crippen molar-refractivity contribution in [1.29, 1.82) is 0 Å². The van der Waals surface area contributed by atoms with Gasteiger partial charge in [-0.25, -0.2) is 0 Å². The Balaban J connectivity index is 3.63. The van der Waals surface area contributed by atoms with Gasteiger partial charge in [-0.2, -0.15) is 11.8 Å². The fraction of sp³-hybridized carbons (Fsp3) is 0.833. The minimum Gasteiger partial charge on any atom is -0.313 e. The van der Waals surface area contributed by atoms with Gasteiger partial charge in [0.05, 0.1) is 0 Å². The number of rotatable bonds is 8. The predicted octanol–water partition coefficient (Wildman–Crippen LogP) is 2.91. The molecule has 0 bridgehead atoms. The number of nitrogens with one attached hydrogen (secondary N) is 1. The second-order valence-electron chi connectivity index (χ2n) is 3.28. The number of thioether (sulfide) groups is 1. The van der Waals surface area contributed by atoms with E-state index in [4.69, 9.17) is 0 Å². The first-order chi connectivity index (χ1) is 6.85. The molecule has 1 nitrogen and oxygen atoms in total. The maximum Gasteiger partial charge on any atom is 0.0167 e. The van der Waals surface area contributed by atoms with Crippen LogP contribution in [-0.2, 0) is 0 Å². The van der Waals surface area contributed by atoms with Crippen LogP contribution in [0.3, 0.4) is 0 Å². The molecule has 14 heavy (non-hydrogen) atoms. The molecule has 2 heteroatoms. The summed E-state index contributed by atoms with van der Waals surface area (Å²) in [5.74, 6) is 8.52. The van der Waals surface area contributed by atoms with Gasteiger partial charge in [-0.05, 0) is 32.1 Å². The highest BCUT2D eigenvalue weighted by atomic mass is 32.2. The van der Waals surface area contributed by atoms with Crippen molar-refractivity contribution >= 4 is 11.8 Å². The van der Waals surface area contributed by atoms with Gasteiger partial charge in [-0.1, -0.05) is 13.8 Å². The van der Waals surface area contributed by atoms with E-state index in [2.05, 4.69) is 31.0 Å². The molecule has 0 rings (SSSR count). The summed E-state index contributed by atoms with van der Waals surface area (Å²) < 4.78 is 0. The fourth-order valence-corrected chi connectivity index (χ4v) is 2.03. The molecular formula is C12H23NS. The third kappa shape index (κ3) is 8.47. The predicted molar refractivity (Wildman–Crippen MR) is 67.8 cm³/mol. The van der Waals surface area contributed by atoms with E-state index in [0.717, 1.165) is 13.0 Å². The molecule has 0 radical (unpaired) electrons. The molecular weight excluding hydrogens is 190 g/mol. The van der Waals surface area contributed by atoms with Gasteiger partial charge in [0, 0.05) is 18.2 Å². The summed E-state index contributed by atoms with van der Waals surface area (Å²) in [5.41, 5.74) is 0. The lowest BCUT2D eigenvalue weighted by molar-refractivity contribution is 0.526. The molecule has 0 fully saturated rings. The van der Waals surface area contributed by atoms with Gasteiger partial charge in [0.1, 0.15) is 0 Å². The smallest absolute Gasteiger partial charge is 0.0167 e. The highest BCUT2D eigenvalue weighted by molar-refractivity contribution is 7.99. The summed E-state index contributed by atoms with van der Waals surface area (Å²) >= 11 is 2.01. The summed E-state index contributed by atoms with van der Waals surface area (Å²) in [6.45, 7) is 7.47. The number of hydrogen-bond acceptors (Lipinski definition) is 2. The monoisotopic (exact) mass is 213 g/mol. The average Bonchev–Trinajstić information content (AvgIpc) is 2.21. The van der Waals surface area contributed by atoms with Crippen LogP contribution in [0, 0.1) is 11.8 Å². The van der Waals surface area contributed by atoms with E-state index < -0.39 is 0 Å². The minimum absolute atomic E-state index is 0.653. The molecule has 0 saturated heterocycles. The van der Waals surface area contributed by atoms with Gasteiger partial charge in [-0.15, -0.1) is 11.8 Å². The molecule has 1 N–H and O–H groups in total. The Morgan fingerprint density at radius 3 is 2.71 bits per heavy atom. The van der Waals surface area contributed by atoms with Crippen LogP contribution in [0.25, 0.3) is 0 Å². The van der Waals surface area contributed by atoms with Crippen LogP contribution in [0.5, 0.6) is 0 Å². The van der Waals surface area contributed by atoms with Crippen molar-refractivity contribution in [3.8, 4) is 11.8 Å². The van der Waals surface area contributed by atoms with E-state index >= 15 is 0 Å². The topological polar surface area (TPSA) is 12.0 Å². The van der Waals surface area contributed by atoms with Crippen molar-refractivity contribution in [3.63, 3.8) is 0 Å². The second kappa shape index (κ2) is 10.9. The maximum atomic E-state index is 3.57. The lowest BCUT2D eigenvalue weighted by atomic mass is 10.2. The van der Waals surface area contributed by atoms with E-state index in [1.165, 1.54) is 24.3 Å². The molecule has 0 heterocycles. The van der Waals surface area contributed by atoms with Crippen molar-refractivity contribution in [3.05, 3.63) is 0 Å². The van der Waals surface area contributed by atoms with Crippen molar-refractivity contribution in [1.82, 2.24) is 5.32 Å². The van der Waals surface area contributed by atoms with Crippen LogP contribution in [0.2, 0.25) is 0 Å². The SMILES string of the molecule is CC#CCCC(CSCC)NCCC. The second-order valence-corrected chi connectivity index (χ2v) is 4.59. The van der Waals surface area contributed by atoms with Gasteiger partial charge in [0.15, 0.2) is 0 Å². The molecule has 0 aromatic carbocycles. The Bertz CT molecular complexity index is 161. The summed E-state index contributed by atoms with van der Waals surface area (Å²) in [6.07, 6.45) is 3.43. The van der Waals surface area contributed by atoms with Gasteiger partial charge >= 0.3 is 0 Å². The van der Waals surface area contributed by atoms with Crippen LogP contribution < -0.4 is 5.32 Å². The van der Waals surface area contributed by atoms with Gasteiger partial charge in [-0.3, -0.25) is 0 Å². The van der Waals surface area contributed by atoms with Crippen molar-refractivity contribution in [2.75, 3.05) is 18.1 Å². The van der Waals surface area contributed by atoms with Crippen LogP contribution in [0.4, 0.5) is 0 Å². The Labute approximate surface area is 93.4 Å². The lowest BCUT2D eigenvalue weighted by Crippen LogP contribution is -2.31. The van der Waals surface area contributed by atoms with E-state index in [9.17, 15) is 0 Å². The molecule has 0 aromatic heterocycles. The zero-order chi connectivity index (χ0) is 10.6. The third-order valence-electron chi connectivity index (χ3n) is 2.00. The summed E-state index contributed by atoms with van der Waals surface area (Å²) in [5, 5.41) is 3.57. The van der Waals surface area contributed by atoms with E-state index in [0.29, 0.717) is 6.04 Å². The van der Waals surface area contributed by atoms with E-state index in [-0.39, 0.29) is 0 Å². The zero-order valence-corrected chi connectivity index (χ0v) is 10.5. The third-order valence-corrected chi connectivity index (χ3v) is 3.05. The first-order valence-electron chi connectivity index (χ1n) is 5.55. The zero-order valence-electron chi connectivity index (χ0n) is 9.73. The Morgan fingerprint density at radius 2 is 2.14 bits per heavy atom. The molecule has 1 unspecified atom stereocenters. The van der Waals surface area contributed by atoms with Crippen molar-refractivity contribution < 1.29 is 0 Å². The minimum atomic E-state index is 0.653. The van der Waals surface area contributed by atoms with E-state index in [1.807, 2.05) is 18.7 Å². The molecule has 0 saturated carbocycles. The van der Waals surface area contributed by atoms with Crippen LogP contribution in [0.15, 0.2) is 0 Å². The van der Waals surface area contributed by atoms with Crippen LogP contribution in [-0.4, -0.2) is 24.1 Å². The molecule has 0 amide bonds. The van der Waals surface area contributed by atoms with Crippen molar-refractivity contribution in [2.24, 2.45) is 0 Å². The number of hydrogen-bond donors (Lipinski definition) is 1. The molecule has 82 valence electrons. The summed E-state index contributed by atoms with van der Waals surface area (Å²) in [6, 6.07) is 0.653. The Morgan fingerprint density at radius 1 is 1.36 bits per heavy atom. The van der Waals surface area contributed by atoms with Gasteiger partial charge in [0.2, 0.25) is 0 Å². The molecule has 1 atom stereocenters. The van der Waals surface area contributed by atoms with Gasteiger partial charge in [0.25, 0.3) is 0 Å². The standard InChI is InChI=1S/C12H23NS/c1-4-7-8-9-12(11-14-6-3)13-10-5-2/h12-13H,5-6,8-11H2,1-3H3. The Hall–Kier alpha value is -0.130. The quantitative estimate of drug-likeness (QED) is 0.622. The first-order valence-corrected chi connectivity index (χ1v) is 6.71. The first kappa shape index (κ1) is 13.9. The fourth-order valence-electron chi connectivity index (χ4n) is 1.22. The van der Waals surface area contributed by atoms with Crippen LogP contribution >= 0.6 is 11.8 Å². The molecule has 0 aliphatic heterocycles. The van der Waals surface area contributed by atoms with Crippen LogP contribution in [0.1, 0.15) is 40.0 Å². The molecule has 0 spiro atoms. The normalized spacial score (nSPS) is 11.9. The molecule has 0 aliphatic rings. The van der Waals surface area contributed by atoms with Gasteiger partial charge < -0.3 is 5.32 Å².